The number of amides is 1. The van der Waals surface area contributed by atoms with Crippen molar-refractivity contribution in [3.05, 3.63) is 35.9 Å². The second-order valence-corrected chi connectivity index (χ2v) is 5.27. The fourth-order valence-electron chi connectivity index (χ4n) is 2.45. The molecule has 2 aromatic rings. The van der Waals surface area contributed by atoms with E-state index in [1.807, 2.05) is 13.0 Å². The molecule has 110 valence electrons. The summed E-state index contributed by atoms with van der Waals surface area (Å²) in [6.45, 7) is 3.87. The molecule has 0 bridgehead atoms. The molecule has 7 nitrogen and oxygen atoms in total. The number of aryl methyl sites for hydroxylation is 1. The number of aromatic nitrogens is 4. The van der Waals surface area contributed by atoms with E-state index in [2.05, 4.69) is 25.9 Å². The van der Waals surface area contributed by atoms with Gasteiger partial charge in [0.05, 0.1) is 24.1 Å². The van der Waals surface area contributed by atoms with Gasteiger partial charge in [0.25, 0.3) is 5.91 Å². The Hall–Kier alpha value is -2.28. The van der Waals surface area contributed by atoms with Crippen LogP contribution in [0.4, 0.5) is 5.69 Å². The second-order valence-electron chi connectivity index (χ2n) is 5.27. The molecule has 21 heavy (non-hydrogen) atoms. The zero-order chi connectivity index (χ0) is 14.7. The van der Waals surface area contributed by atoms with Crippen LogP contribution in [-0.2, 0) is 0 Å². The average molecular weight is 286 g/mol. The van der Waals surface area contributed by atoms with Crippen molar-refractivity contribution in [2.45, 2.75) is 25.8 Å². The van der Waals surface area contributed by atoms with Crippen LogP contribution >= 0.6 is 0 Å². The van der Waals surface area contributed by atoms with Crippen molar-refractivity contribution in [3.8, 4) is 0 Å². The molecular weight excluding hydrogens is 268 g/mol. The third-order valence-corrected chi connectivity index (χ3v) is 3.56. The van der Waals surface area contributed by atoms with E-state index in [0.717, 1.165) is 31.5 Å². The second kappa shape index (κ2) is 6.01. The maximum absolute atomic E-state index is 12.2. The van der Waals surface area contributed by atoms with Gasteiger partial charge in [-0.2, -0.15) is 0 Å². The number of rotatable bonds is 3. The van der Waals surface area contributed by atoms with Crippen molar-refractivity contribution < 1.29 is 4.79 Å². The molecule has 1 aliphatic rings. The summed E-state index contributed by atoms with van der Waals surface area (Å²) < 4.78 is 1.80. The number of hydrogen-bond donors (Lipinski definition) is 2. The Bertz CT molecular complexity index is 632. The molecule has 0 aromatic carbocycles. The third-order valence-electron chi connectivity index (χ3n) is 3.56. The van der Waals surface area contributed by atoms with Gasteiger partial charge in [-0.05, 0) is 44.5 Å². The Labute approximate surface area is 122 Å². The number of hydrogen-bond acceptors (Lipinski definition) is 5. The maximum atomic E-state index is 12.2. The summed E-state index contributed by atoms with van der Waals surface area (Å²) in [5.74, 6) is -0.261. The van der Waals surface area contributed by atoms with Crippen LogP contribution in [0.25, 0.3) is 0 Å². The van der Waals surface area contributed by atoms with Crippen LogP contribution in [0.2, 0.25) is 0 Å². The smallest absolute Gasteiger partial charge is 0.277 e. The van der Waals surface area contributed by atoms with E-state index >= 15 is 0 Å². The lowest BCUT2D eigenvalue weighted by Gasteiger charge is -2.22. The molecule has 1 aliphatic heterocycles. The Balaban J connectivity index is 1.69. The van der Waals surface area contributed by atoms with E-state index < -0.39 is 0 Å². The van der Waals surface area contributed by atoms with E-state index in [-0.39, 0.29) is 5.91 Å². The summed E-state index contributed by atoms with van der Waals surface area (Å²) in [7, 11) is 0. The highest BCUT2D eigenvalue weighted by molar-refractivity contribution is 6.02. The number of nitrogens with one attached hydrogen (secondary N) is 2. The summed E-state index contributed by atoms with van der Waals surface area (Å²) in [4.78, 5) is 16.2. The molecule has 2 aromatic heterocycles. The van der Waals surface area contributed by atoms with Crippen molar-refractivity contribution in [2.24, 2.45) is 0 Å². The molecule has 3 heterocycles. The van der Waals surface area contributed by atoms with E-state index in [9.17, 15) is 4.79 Å². The van der Waals surface area contributed by atoms with Gasteiger partial charge in [-0.15, -0.1) is 5.10 Å². The lowest BCUT2D eigenvalue weighted by Crippen LogP contribution is -2.29. The van der Waals surface area contributed by atoms with Gasteiger partial charge < -0.3 is 10.6 Å². The van der Waals surface area contributed by atoms with Crippen LogP contribution in [0.15, 0.2) is 24.7 Å². The first-order valence-electron chi connectivity index (χ1n) is 7.08. The van der Waals surface area contributed by atoms with Crippen LogP contribution in [0.1, 0.15) is 34.9 Å². The minimum atomic E-state index is -0.261. The van der Waals surface area contributed by atoms with Crippen molar-refractivity contribution in [3.63, 3.8) is 0 Å². The summed E-state index contributed by atoms with van der Waals surface area (Å²) >= 11 is 0. The zero-order valence-corrected chi connectivity index (χ0v) is 11.9. The molecule has 1 saturated heterocycles. The summed E-state index contributed by atoms with van der Waals surface area (Å²) in [6, 6.07) is 2.18. The number of nitrogens with zero attached hydrogens (tertiary/aromatic N) is 4. The monoisotopic (exact) mass is 286 g/mol. The summed E-state index contributed by atoms with van der Waals surface area (Å²) in [5, 5.41) is 14.1. The Kier molecular flexibility index (Phi) is 3.92. The van der Waals surface area contributed by atoms with Gasteiger partial charge in [0.2, 0.25) is 0 Å². The van der Waals surface area contributed by atoms with Crippen molar-refractivity contribution in [1.82, 2.24) is 25.3 Å². The molecule has 0 unspecified atom stereocenters. The lowest BCUT2D eigenvalue weighted by molar-refractivity contribution is 0.102. The number of piperidine rings is 1. The van der Waals surface area contributed by atoms with Crippen LogP contribution in [0.5, 0.6) is 0 Å². The normalized spacial score (nSPS) is 15.9. The largest absolute Gasteiger partial charge is 0.319 e. The van der Waals surface area contributed by atoms with E-state index in [4.69, 9.17) is 0 Å². The van der Waals surface area contributed by atoms with Gasteiger partial charge in [-0.3, -0.25) is 9.78 Å². The lowest BCUT2D eigenvalue weighted by atomic mass is 10.1. The molecule has 0 saturated carbocycles. The fraction of sp³-hybridized carbons (Fsp3) is 0.429. The van der Waals surface area contributed by atoms with Crippen LogP contribution in [0, 0.1) is 6.92 Å². The Morgan fingerprint density at radius 2 is 2.19 bits per heavy atom. The van der Waals surface area contributed by atoms with Crippen LogP contribution in [-0.4, -0.2) is 39.0 Å². The fourth-order valence-corrected chi connectivity index (χ4v) is 2.45. The van der Waals surface area contributed by atoms with Gasteiger partial charge in [-0.1, -0.05) is 5.21 Å². The van der Waals surface area contributed by atoms with Crippen molar-refractivity contribution >= 4 is 11.6 Å². The molecule has 2 N–H and O–H groups in total. The number of anilines is 1. The van der Waals surface area contributed by atoms with Crippen molar-refractivity contribution in [2.75, 3.05) is 18.4 Å². The van der Waals surface area contributed by atoms with Gasteiger partial charge in [-0.25, -0.2) is 4.68 Å². The maximum Gasteiger partial charge on any atom is 0.277 e. The Morgan fingerprint density at radius 1 is 1.38 bits per heavy atom. The molecule has 1 amide bonds. The number of pyridine rings is 1. The Morgan fingerprint density at radius 3 is 2.95 bits per heavy atom. The minimum absolute atomic E-state index is 0.261. The number of carbonyl (C=O) groups is 1. The predicted molar refractivity (Wildman–Crippen MR) is 78.1 cm³/mol. The first kappa shape index (κ1) is 13.7. The molecule has 0 spiro atoms. The van der Waals surface area contributed by atoms with E-state index in [1.165, 1.54) is 0 Å². The van der Waals surface area contributed by atoms with Crippen LogP contribution in [0.3, 0.4) is 0 Å². The van der Waals surface area contributed by atoms with Crippen LogP contribution < -0.4 is 10.6 Å². The highest BCUT2D eigenvalue weighted by Gasteiger charge is 2.18. The SMILES string of the molecule is Cc1cncc(NC(=O)c2cn(C3CCNCC3)nn2)c1. The van der Waals surface area contributed by atoms with Crippen molar-refractivity contribution in [1.29, 1.82) is 0 Å². The van der Waals surface area contributed by atoms with Gasteiger partial charge in [0.15, 0.2) is 5.69 Å². The highest BCUT2D eigenvalue weighted by atomic mass is 16.2. The van der Waals surface area contributed by atoms with E-state index in [1.54, 1.807) is 23.3 Å². The third kappa shape index (κ3) is 3.25. The molecule has 3 rings (SSSR count). The molecule has 0 aliphatic carbocycles. The van der Waals surface area contributed by atoms with E-state index in [0.29, 0.717) is 17.4 Å². The topological polar surface area (TPSA) is 84.7 Å². The number of carbonyl (C=O) groups excluding carboxylic acids is 1. The molecule has 0 atom stereocenters. The summed E-state index contributed by atoms with van der Waals surface area (Å²) in [6.07, 6.45) is 7.08. The first-order valence-corrected chi connectivity index (χ1v) is 7.08. The molecule has 7 heteroatoms. The first-order chi connectivity index (χ1) is 10.2. The van der Waals surface area contributed by atoms with Gasteiger partial charge >= 0.3 is 0 Å². The van der Waals surface area contributed by atoms with Gasteiger partial charge in [0.1, 0.15) is 0 Å². The predicted octanol–water partition coefficient (Wildman–Crippen LogP) is 1.16. The standard InChI is InChI=1S/C14H18N6O/c1-10-6-11(8-16-7-10)17-14(21)13-9-20(19-18-13)12-2-4-15-5-3-12/h6-9,12,15H,2-5H2,1H3,(H,17,21). The molecular formula is C14H18N6O. The zero-order valence-electron chi connectivity index (χ0n) is 11.9. The molecule has 1 fully saturated rings. The highest BCUT2D eigenvalue weighted by Crippen LogP contribution is 2.17. The molecule has 0 radical (unpaired) electrons. The quantitative estimate of drug-likeness (QED) is 0.884. The van der Waals surface area contributed by atoms with Gasteiger partial charge in [0, 0.05) is 6.20 Å². The summed E-state index contributed by atoms with van der Waals surface area (Å²) in [5.41, 5.74) is 1.98. The minimum Gasteiger partial charge on any atom is -0.319 e. The average Bonchev–Trinajstić information content (AvgIpc) is 2.98.